The van der Waals surface area contributed by atoms with Crippen molar-refractivity contribution in [2.24, 2.45) is 0 Å². The van der Waals surface area contributed by atoms with Crippen molar-refractivity contribution in [2.75, 3.05) is 13.2 Å². The molecule has 1 aliphatic rings. The van der Waals surface area contributed by atoms with Gasteiger partial charge in [0, 0.05) is 18.5 Å². The van der Waals surface area contributed by atoms with Crippen LogP contribution in [0.5, 0.6) is 5.75 Å². The molecule has 110 valence electrons. The zero-order valence-corrected chi connectivity index (χ0v) is 12.9. The summed E-state index contributed by atoms with van der Waals surface area (Å²) in [5.41, 5.74) is 6.51. The normalized spacial score (nSPS) is 13.0. The molecule has 0 aromatic heterocycles. The van der Waals surface area contributed by atoms with Gasteiger partial charge in [-0.3, -0.25) is 0 Å². The van der Waals surface area contributed by atoms with Gasteiger partial charge in [-0.1, -0.05) is 43.3 Å². The van der Waals surface area contributed by atoms with E-state index < -0.39 is 0 Å². The Labute approximate surface area is 127 Å². The van der Waals surface area contributed by atoms with Crippen LogP contribution in [0.25, 0.3) is 11.1 Å². The van der Waals surface area contributed by atoms with Crippen LogP contribution >= 0.6 is 0 Å². The lowest BCUT2D eigenvalue weighted by molar-refractivity contribution is 0.358. The van der Waals surface area contributed by atoms with Crippen LogP contribution in [0.3, 0.4) is 0 Å². The fraction of sp³-hybridized carbons (Fsp3) is 0.368. The third-order valence-corrected chi connectivity index (χ3v) is 4.05. The quantitative estimate of drug-likeness (QED) is 0.833. The van der Waals surface area contributed by atoms with Crippen molar-refractivity contribution in [3.63, 3.8) is 0 Å². The fourth-order valence-electron chi connectivity index (χ4n) is 2.97. The maximum atomic E-state index is 5.84. The molecule has 0 amide bonds. The number of rotatable bonds is 5. The molecule has 0 spiro atoms. The number of aryl methyl sites for hydroxylation is 1. The SMILES string of the molecule is CCCNCc1ccc(-c2cccc3c2OCC3)c(C)c1. The Morgan fingerprint density at radius 1 is 1.14 bits per heavy atom. The topological polar surface area (TPSA) is 21.3 Å². The number of ether oxygens (including phenoxy) is 1. The van der Waals surface area contributed by atoms with E-state index in [0.29, 0.717) is 0 Å². The Morgan fingerprint density at radius 3 is 2.86 bits per heavy atom. The van der Waals surface area contributed by atoms with Crippen LogP contribution < -0.4 is 10.1 Å². The van der Waals surface area contributed by atoms with E-state index in [2.05, 4.69) is 55.6 Å². The van der Waals surface area contributed by atoms with E-state index >= 15 is 0 Å². The molecule has 2 aromatic carbocycles. The largest absolute Gasteiger partial charge is 0.492 e. The average Bonchev–Trinajstić information content (AvgIpc) is 2.96. The molecular formula is C19H23NO. The van der Waals surface area contributed by atoms with Gasteiger partial charge >= 0.3 is 0 Å². The summed E-state index contributed by atoms with van der Waals surface area (Å²) >= 11 is 0. The van der Waals surface area contributed by atoms with Crippen LogP contribution in [-0.2, 0) is 13.0 Å². The van der Waals surface area contributed by atoms with Crippen molar-refractivity contribution in [2.45, 2.75) is 33.2 Å². The van der Waals surface area contributed by atoms with Gasteiger partial charge < -0.3 is 10.1 Å². The van der Waals surface area contributed by atoms with E-state index in [1.54, 1.807) is 0 Å². The lowest BCUT2D eigenvalue weighted by Gasteiger charge is -2.12. The van der Waals surface area contributed by atoms with E-state index in [1.165, 1.54) is 34.2 Å². The van der Waals surface area contributed by atoms with Crippen LogP contribution in [0.4, 0.5) is 0 Å². The van der Waals surface area contributed by atoms with Gasteiger partial charge in [0.15, 0.2) is 0 Å². The highest BCUT2D eigenvalue weighted by atomic mass is 16.5. The summed E-state index contributed by atoms with van der Waals surface area (Å²) in [4.78, 5) is 0. The molecule has 1 aliphatic heterocycles. The highest BCUT2D eigenvalue weighted by Gasteiger charge is 2.17. The molecule has 21 heavy (non-hydrogen) atoms. The van der Waals surface area contributed by atoms with Crippen LogP contribution in [0, 0.1) is 6.92 Å². The lowest BCUT2D eigenvalue weighted by atomic mass is 9.96. The first kappa shape index (κ1) is 14.2. The summed E-state index contributed by atoms with van der Waals surface area (Å²) in [5, 5.41) is 3.45. The fourth-order valence-corrected chi connectivity index (χ4v) is 2.97. The van der Waals surface area contributed by atoms with E-state index in [1.807, 2.05) is 0 Å². The van der Waals surface area contributed by atoms with Crippen LogP contribution in [-0.4, -0.2) is 13.2 Å². The first-order valence-corrected chi connectivity index (χ1v) is 7.85. The molecule has 2 nitrogen and oxygen atoms in total. The minimum Gasteiger partial charge on any atom is -0.492 e. The monoisotopic (exact) mass is 281 g/mol. The van der Waals surface area contributed by atoms with Gasteiger partial charge in [0.1, 0.15) is 5.75 Å². The molecule has 0 bridgehead atoms. The zero-order valence-electron chi connectivity index (χ0n) is 12.9. The van der Waals surface area contributed by atoms with E-state index in [-0.39, 0.29) is 0 Å². The second-order valence-electron chi connectivity index (χ2n) is 5.72. The van der Waals surface area contributed by atoms with Crippen molar-refractivity contribution in [1.82, 2.24) is 5.32 Å². The van der Waals surface area contributed by atoms with Crippen molar-refractivity contribution >= 4 is 0 Å². The van der Waals surface area contributed by atoms with Crippen molar-refractivity contribution in [1.29, 1.82) is 0 Å². The minimum atomic E-state index is 0.810. The highest BCUT2D eigenvalue weighted by Crippen LogP contribution is 2.38. The summed E-state index contributed by atoms with van der Waals surface area (Å²) in [7, 11) is 0. The Hall–Kier alpha value is -1.80. The van der Waals surface area contributed by atoms with Crippen LogP contribution in [0.2, 0.25) is 0 Å². The van der Waals surface area contributed by atoms with Gasteiger partial charge in [0.25, 0.3) is 0 Å². The maximum Gasteiger partial charge on any atom is 0.130 e. The molecule has 0 aliphatic carbocycles. The summed E-state index contributed by atoms with van der Waals surface area (Å²) < 4.78 is 5.84. The summed E-state index contributed by atoms with van der Waals surface area (Å²) in [6.45, 7) is 7.20. The Balaban J connectivity index is 1.88. The molecule has 0 radical (unpaired) electrons. The Kier molecular flexibility index (Phi) is 4.26. The third-order valence-electron chi connectivity index (χ3n) is 4.05. The van der Waals surface area contributed by atoms with Crippen molar-refractivity contribution in [3.8, 4) is 16.9 Å². The van der Waals surface area contributed by atoms with E-state index in [9.17, 15) is 0 Å². The summed E-state index contributed by atoms with van der Waals surface area (Å²) in [6, 6.07) is 13.2. The number of nitrogens with one attached hydrogen (secondary N) is 1. The van der Waals surface area contributed by atoms with Crippen molar-refractivity contribution < 1.29 is 4.74 Å². The van der Waals surface area contributed by atoms with Gasteiger partial charge in [-0.25, -0.2) is 0 Å². The third kappa shape index (κ3) is 2.96. The molecule has 2 aromatic rings. The Morgan fingerprint density at radius 2 is 2.05 bits per heavy atom. The number of hydrogen-bond acceptors (Lipinski definition) is 2. The molecule has 0 atom stereocenters. The molecule has 0 saturated carbocycles. The molecule has 0 unspecified atom stereocenters. The molecule has 1 heterocycles. The van der Waals surface area contributed by atoms with Gasteiger partial charge in [-0.2, -0.15) is 0 Å². The van der Waals surface area contributed by atoms with Crippen LogP contribution in [0.15, 0.2) is 36.4 Å². The molecule has 3 rings (SSSR count). The number of hydrogen-bond donors (Lipinski definition) is 1. The molecule has 0 saturated heterocycles. The van der Waals surface area contributed by atoms with Gasteiger partial charge in [0.05, 0.1) is 6.61 Å². The summed E-state index contributed by atoms with van der Waals surface area (Å²) in [6.07, 6.45) is 2.20. The zero-order chi connectivity index (χ0) is 14.7. The highest BCUT2D eigenvalue weighted by molar-refractivity contribution is 5.75. The standard InChI is InChI=1S/C19H23NO/c1-3-10-20-13-15-7-8-17(14(2)12-15)18-6-4-5-16-9-11-21-19(16)18/h4-8,12,20H,3,9-11,13H2,1-2H3. The smallest absolute Gasteiger partial charge is 0.130 e. The van der Waals surface area contributed by atoms with E-state index in [0.717, 1.165) is 31.9 Å². The molecular weight excluding hydrogens is 258 g/mol. The number of fused-ring (bicyclic) bond motifs is 1. The van der Waals surface area contributed by atoms with Crippen LogP contribution in [0.1, 0.15) is 30.0 Å². The predicted molar refractivity (Wildman–Crippen MR) is 87.8 cm³/mol. The van der Waals surface area contributed by atoms with E-state index in [4.69, 9.17) is 4.74 Å². The summed E-state index contributed by atoms with van der Waals surface area (Å²) in [5.74, 6) is 1.08. The predicted octanol–water partition coefficient (Wildman–Crippen LogP) is 4.10. The molecule has 1 N–H and O–H groups in total. The first-order chi connectivity index (χ1) is 10.3. The minimum absolute atomic E-state index is 0.810. The van der Waals surface area contributed by atoms with Gasteiger partial charge in [-0.15, -0.1) is 0 Å². The van der Waals surface area contributed by atoms with Gasteiger partial charge in [-0.05, 0) is 42.1 Å². The molecule has 0 fully saturated rings. The average molecular weight is 281 g/mol. The lowest BCUT2D eigenvalue weighted by Crippen LogP contribution is -2.13. The maximum absolute atomic E-state index is 5.84. The van der Waals surface area contributed by atoms with Crippen molar-refractivity contribution in [3.05, 3.63) is 53.1 Å². The number of benzene rings is 2. The Bertz CT molecular complexity index is 633. The second kappa shape index (κ2) is 6.31. The first-order valence-electron chi connectivity index (χ1n) is 7.85. The second-order valence-corrected chi connectivity index (χ2v) is 5.72. The van der Waals surface area contributed by atoms with Gasteiger partial charge in [0.2, 0.25) is 0 Å². The molecule has 2 heteroatoms. The number of para-hydroxylation sites is 1.